The number of nitrogens with zero attached hydrogens (tertiary/aromatic N) is 1. The maximum atomic E-state index is 12.9. The molecule has 0 atom stereocenters. The van der Waals surface area contributed by atoms with Gasteiger partial charge in [0.25, 0.3) is 6.43 Å². The predicted molar refractivity (Wildman–Crippen MR) is 65.4 cm³/mol. The van der Waals surface area contributed by atoms with Crippen molar-refractivity contribution >= 4 is 5.70 Å². The second-order valence-electron chi connectivity index (χ2n) is 3.91. The van der Waals surface area contributed by atoms with E-state index in [1.807, 2.05) is 0 Å². The van der Waals surface area contributed by atoms with E-state index in [4.69, 9.17) is 0 Å². The van der Waals surface area contributed by atoms with Gasteiger partial charge >= 0.3 is 0 Å². The summed E-state index contributed by atoms with van der Waals surface area (Å²) in [6.07, 6.45) is 2.65. The van der Waals surface area contributed by atoms with Gasteiger partial charge in [-0.15, -0.1) is 0 Å². The monoisotopic (exact) mass is 251 g/mol. The lowest BCUT2D eigenvalue weighted by Crippen LogP contribution is -2.27. The van der Waals surface area contributed by atoms with Crippen molar-refractivity contribution in [2.45, 2.75) is 6.43 Å². The number of rotatable bonds is 3. The van der Waals surface area contributed by atoms with Crippen molar-refractivity contribution in [2.75, 3.05) is 6.54 Å². The van der Waals surface area contributed by atoms with Crippen LogP contribution < -0.4 is 0 Å². The molecule has 0 amide bonds. The number of alkyl halides is 2. The van der Waals surface area contributed by atoms with Crippen LogP contribution in [0.3, 0.4) is 0 Å². The Balaban J connectivity index is 2.33. The van der Waals surface area contributed by atoms with Crippen molar-refractivity contribution in [1.29, 1.82) is 0 Å². The molecule has 94 valence electrons. The fourth-order valence-electron chi connectivity index (χ4n) is 1.81. The lowest BCUT2D eigenvalue weighted by atomic mass is 10.1. The summed E-state index contributed by atoms with van der Waals surface area (Å²) in [5.41, 5.74) is 1.78. The number of allylic oxidation sites excluding steroid dienone is 3. The largest absolute Gasteiger partial charge is 0.336 e. The first-order valence-electron chi connectivity index (χ1n) is 5.47. The van der Waals surface area contributed by atoms with Gasteiger partial charge in [0.1, 0.15) is 5.82 Å². The minimum Gasteiger partial charge on any atom is -0.336 e. The van der Waals surface area contributed by atoms with E-state index in [1.54, 1.807) is 30.4 Å². The Hall–Kier alpha value is -1.97. The van der Waals surface area contributed by atoms with E-state index in [0.717, 1.165) is 0 Å². The molecular weight excluding hydrogens is 239 g/mol. The van der Waals surface area contributed by atoms with E-state index in [-0.39, 0.29) is 5.82 Å². The highest BCUT2D eigenvalue weighted by Gasteiger charge is 2.19. The smallest absolute Gasteiger partial charge is 0.256 e. The molecule has 4 heteroatoms. The highest BCUT2D eigenvalue weighted by atomic mass is 19.3. The van der Waals surface area contributed by atoms with E-state index in [2.05, 4.69) is 6.58 Å². The van der Waals surface area contributed by atoms with Gasteiger partial charge in [-0.2, -0.15) is 0 Å². The van der Waals surface area contributed by atoms with Crippen LogP contribution in [0.1, 0.15) is 5.56 Å². The third kappa shape index (κ3) is 2.64. The molecule has 1 heterocycles. The standard InChI is InChI=1S/C14H12F3N/c1-10-3-2-4-13(18(10)9-14(16)17)11-5-7-12(15)8-6-11/h2-8,14H,1,9H2. The Morgan fingerprint density at radius 3 is 2.44 bits per heavy atom. The van der Waals surface area contributed by atoms with Gasteiger partial charge in [-0.1, -0.05) is 12.7 Å². The van der Waals surface area contributed by atoms with Crippen LogP contribution >= 0.6 is 0 Å². The van der Waals surface area contributed by atoms with Gasteiger partial charge in [-0.25, -0.2) is 13.2 Å². The minimum absolute atomic E-state index is 0.357. The lowest BCUT2D eigenvalue weighted by Gasteiger charge is -2.29. The van der Waals surface area contributed by atoms with Crippen LogP contribution in [0.15, 0.2) is 54.8 Å². The summed E-state index contributed by atoms with van der Waals surface area (Å²) < 4.78 is 38.0. The normalized spacial score (nSPS) is 15.2. The summed E-state index contributed by atoms with van der Waals surface area (Å²) in [6, 6.07) is 5.73. The van der Waals surface area contributed by atoms with Gasteiger partial charge in [0.15, 0.2) is 0 Å². The average molecular weight is 251 g/mol. The molecule has 0 saturated carbocycles. The van der Waals surface area contributed by atoms with Gasteiger partial charge in [0, 0.05) is 11.4 Å². The van der Waals surface area contributed by atoms with Crippen molar-refractivity contribution in [3.8, 4) is 0 Å². The molecule has 0 N–H and O–H groups in total. The summed E-state index contributed by atoms with van der Waals surface area (Å²) >= 11 is 0. The van der Waals surface area contributed by atoms with Crippen LogP contribution in [0.4, 0.5) is 13.2 Å². The van der Waals surface area contributed by atoms with Crippen LogP contribution in [0, 0.1) is 5.82 Å². The van der Waals surface area contributed by atoms with E-state index in [1.165, 1.54) is 17.0 Å². The summed E-state index contributed by atoms with van der Waals surface area (Å²) in [5.74, 6) is -0.357. The molecule has 0 fully saturated rings. The van der Waals surface area contributed by atoms with Crippen LogP contribution in [0.2, 0.25) is 0 Å². The third-order valence-electron chi connectivity index (χ3n) is 2.64. The summed E-state index contributed by atoms with van der Waals surface area (Å²) in [4.78, 5) is 1.43. The number of hydrogen-bond acceptors (Lipinski definition) is 1. The molecule has 0 aromatic heterocycles. The van der Waals surface area contributed by atoms with Crippen LogP contribution in [-0.2, 0) is 0 Å². The zero-order valence-corrected chi connectivity index (χ0v) is 9.61. The Labute approximate surface area is 104 Å². The van der Waals surface area contributed by atoms with Gasteiger partial charge < -0.3 is 4.90 Å². The molecule has 0 spiro atoms. The van der Waals surface area contributed by atoms with Gasteiger partial charge in [-0.05, 0) is 42.0 Å². The van der Waals surface area contributed by atoms with Crippen molar-refractivity contribution < 1.29 is 13.2 Å². The predicted octanol–water partition coefficient (Wildman–Crippen LogP) is 3.82. The van der Waals surface area contributed by atoms with Crippen molar-refractivity contribution in [3.63, 3.8) is 0 Å². The zero-order valence-electron chi connectivity index (χ0n) is 9.61. The van der Waals surface area contributed by atoms with E-state index >= 15 is 0 Å². The van der Waals surface area contributed by atoms with E-state index in [9.17, 15) is 13.2 Å². The zero-order chi connectivity index (χ0) is 13.1. The quantitative estimate of drug-likeness (QED) is 0.789. The third-order valence-corrected chi connectivity index (χ3v) is 2.64. The van der Waals surface area contributed by atoms with Crippen LogP contribution in [0.25, 0.3) is 5.70 Å². The van der Waals surface area contributed by atoms with Gasteiger partial charge in [-0.3, -0.25) is 0 Å². The van der Waals surface area contributed by atoms with Gasteiger partial charge in [0.2, 0.25) is 0 Å². The number of benzene rings is 1. The first-order valence-corrected chi connectivity index (χ1v) is 5.47. The topological polar surface area (TPSA) is 3.24 Å². The molecule has 1 aliphatic rings. The molecule has 2 rings (SSSR count). The second kappa shape index (κ2) is 5.12. The molecular formula is C14H12F3N. The Kier molecular flexibility index (Phi) is 3.55. The maximum Gasteiger partial charge on any atom is 0.256 e. The Morgan fingerprint density at radius 1 is 1.17 bits per heavy atom. The molecule has 0 unspecified atom stereocenters. The fraction of sp³-hybridized carbons (Fsp3) is 0.143. The lowest BCUT2D eigenvalue weighted by molar-refractivity contribution is 0.123. The Morgan fingerprint density at radius 2 is 1.83 bits per heavy atom. The van der Waals surface area contributed by atoms with Crippen LogP contribution in [0.5, 0.6) is 0 Å². The number of halogens is 3. The summed E-state index contributed by atoms with van der Waals surface area (Å²) in [7, 11) is 0. The molecule has 1 nitrogen and oxygen atoms in total. The van der Waals surface area contributed by atoms with E-state index in [0.29, 0.717) is 17.0 Å². The SMILES string of the molecule is C=C1C=CC=C(c2ccc(F)cc2)N1CC(F)F. The summed E-state index contributed by atoms with van der Waals surface area (Å²) in [5, 5.41) is 0. The Bertz CT molecular complexity index is 500. The molecule has 0 aliphatic carbocycles. The first kappa shape index (κ1) is 12.5. The first-order chi connectivity index (χ1) is 8.58. The summed E-state index contributed by atoms with van der Waals surface area (Å²) in [6.45, 7) is 3.31. The highest BCUT2D eigenvalue weighted by Crippen LogP contribution is 2.27. The maximum absolute atomic E-state index is 12.9. The molecule has 1 aromatic rings. The second-order valence-corrected chi connectivity index (χ2v) is 3.91. The molecule has 18 heavy (non-hydrogen) atoms. The number of hydrogen-bond donors (Lipinski definition) is 0. The minimum atomic E-state index is -2.46. The average Bonchev–Trinajstić information content (AvgIpc) is 2.32. The molecule has 0 radical (unpaired) electrons. The van der Waals surface area contributed by atoms with Crippen molar-refractivity contribution in [1.82, 2.24) is 4.90 Å². The highest BCUT2D eigenvalue weighted by molar-refractivity contribution is 5.69. The van der Waals surface area contributed by atoms with Crippen LogP contribution in [-0.4, -0.2) is 17.9 Å². The molecule has 0 saturated heterocycles. The fourth-order valence-corrected chi connectivity index (χ4v) is 1.81. The molecule has 0 bridgehead atoms. The van der Waals surface area contributed by atoms with Crippen molar-refractivity contribution in [3.05, 3.63) is 66.2 Å². The molecule has 1 aliphatic heterocycles. The van der Waals surface area contributed by atoms with Crippen molar-refractivity contribution in [2.24, 2.45) is 0 Å². The van der Waals surface area contributed by atoms with E-state index < -0.39 is 13.0 Å². The van der Waals surface area contributed by atoms with Gasteiger partial charge in [0.05, 0.1) is 6.54 Å². The molecule has 1 aromatic carbocycles.